The number of thioether (sulfide) groups is 2. The summed E-state index contributed by atoms with van der Waals surface area (Å²) in [6.07, 6.45) is 8.82. The smallest absolute Gasteiger partial charge is 0.0946 e. The van der Waals surface area contributed by atoms with E-state index in [0.29, 0.717) is 20.3 Å². The molecule has 0 bridgehead atoms. The highest BCUT2D eigenvalue weighted by atomic mass is 35.5. The van der Waals surface area contributed by atoms with Crippen molar-refractivity contribution in [2.75, 3.05) is 5.75 Å². The van der Waals surface area contributed by atoms with Crippen molar-refractivity contribution in [1.29, 1.82) is 0 Å². The molecule has 0 saturated carbocycles. The van der Waals surface area contributed by atoms with E-state index in [4.69, 9.17) is 34.8 Å². The molecule has 0 radical (unpaired) electrons. The van der Waals surface area contributed by atoms with Crippen molar-refractivity contribution in [1.82, 2.24) is 9.55 Å². The van der Waals surface area contributed by atoms with Crippen LogP contribution in [0.25, 0.3) is 0 Å². The van der Waals surface area contributed by atoms with Gasteiger partial charge >= 0.3 is 0 Å². The van der Waals surface area contributed by atoms with Crippen LogP contribution in [0.3, 0.4) is 0 Å². The summed E-state index contributed by atoms with van der Waals surface area (Å²) in [5, 5.41) is 2.60. The summed E-state index contributed by atoms with van der Waals surface area (Å²) in [7, 11) is 0. The molecule has 0 aliphatic carbocycles. The zero-order valence-electron chi connectivity index (χ0n) is 13.3. The molecule has 1 aromatic heterocycles. The van der Waals surface area contributed by atoms with E-state index in [-0.39, 0.29) is 4.08 Å². The normalized spacial score (nSPS) is 23.8. The molecule has 1 saturated heterocycles. The molecule has 24 heavy (non-hydrogen) atoms. The van der Waals surface area contributed by atoms with Gasteiger partial charge in [-0.05, 0) is 37.0 Å². The lowest BCUT2D eigenvalue weighted by molar-refractivity contribution is 0.592. The van der Waals surface area contributed by atoms with E-state index in [1.54, 1.807) is 12.1 Å². The lowest BCUT2D eigenvalue weighted by Crippen LogP contribution is -2.25. The van der Waals surface area contributed by atoms with E-state index in [2.05, 4.69) is 40.0 Å². The minimum Gasteiger partial charge on any atom is -0.335 e. The fraction of sp³-hybridized carbons (Fsp3) is 0.471. The van der Waals surface area contributed by atoms with Crippen LogP contribution in [0.2, 0.25) is 15.1 Å². The number of benzene rings is 1. The van der Waals surface area contributed by atoms with Crippen molar-refractivity contribution in [3.8, 4) is 0 Å². The molecule has 1 aliphatic heterocycles. The minimum atomic E-state index is 0.133. The summed E-state index contributed by atoms with van der Waals surface area (Å²) in [4.78, 5) is 4.18. The van der Waals surface area contributed by atoms with E-state index in [0.717, 1.165) is 24.9 Å². The summed E-state index contributed by atoms with van der Waals surface area (Å²) in [5.74, 6) is 1.19. The van der Waals surface area contributed by atoms with Crippen molar-refractivity contribution in [3.63, 3.8) is 0 Å². The van der Waals surface area contributed by atoms with Crippen LogP contribution in [-0.4, -0.2) is 24.6 Å². The predicted octanol–water partition coefficient (Wildman–Crippen LogP) is 6.43. The lowest BCUT2D eigenvalue weighted by atomic mass is 10.1. The third-order valence-electron chi connectivity index (χ3n) is 4.21. The number of nitrogens with zero attached hydrogens (tertiary/aromatic N) is 2. The SMILES string of the molecule is CCC1CSC(CCc2c(Cl)cc(Cl)cc2Cl)(Cn2ccnc2)S1. The maximum atomic E-state index is 6.37. The van der Waals surface area contributed by atoms with Crippen molar-refractivity contribution >= 4 is 58.3 Å². The predicted molar refractivity (Wildman–Crippen MR) is 109 cm³/mol. The number of halogens is 3. The van der Waals surface area contributed by atoms with Gasteiger partial charge in [0.2, 0.25) is 0 Å². The van der Waals surface area contributed by atoms with Crippen molar-refractivity contribution in [2.24, 2.45) is 0 Å². The quantitative estimate of drug-likeness (QED) is 0.535. The number of rotatable bonds is 6. The topological polar surface area (TPSA) is 17.8 Å². The second-order valence-corrected chi connectivity index (χ2v) is 10.5. The van der Waals surface area contributed by atoms with Gasteiger partial charge in [0.1, 0.15) is 0 Å². The van der Waals surface area contributed by atoms with Crippen LogP contribution in [0.5, 0.6) is 0 Å². The highest BCUT2D eigenvalue weighted by molar-refractivity contribution is 8.21. The molecule has 2 nitrogen and oxygen atoms in total. The van der Waals surface area contributed by atoms with E-state index in [1.807, 2.05) is 18.7 Å². The standard InChI is InChI=1S/C17H19Cl3N2S2/c1-2-13-9-23-17(24-13,10-22-6-5-21-11-22)4-3-14-15(19)7-12(18)8-16(14)20/h5-8,11,13H,2-4,9-10H2,1H3. The van der Waals surface area contributed by atoms with Crippen LogP contribution in [0.4, 0.5) is 0 Å². The van der Waals surface area contributed by atoms with Gasteiger partial charge in [0.15, 0.2) is 0 Å². The number of aromatic nitrogens is 2. The first-order chi connectivity index (χ1) is 11.5. The largest absolute Gasteiger partial charge is 0.335 e. The van der Waals surface area contributed by atoms with Crippen molar-refractivity contribution in [3.05, 3.63) is 51.5 Å². The third kappa shape index (κ3) is 4.39. The Hall–Kier alpha value is -0.000000000000000167. The van der Waals surface area contributed by atoms with E-state index in [9.17, 15) is 0 Å². The highest BCUT2D eigenvalue weighted by Gasteiger charge is 2.40. The van der Waals surface area contributed by atoms with Gasteiger partial charge in [0, 0.05) is 45.0 Å². The molecule has 2 unspecified atom stereocenters. The van der Waals surface area contributed by atoms with Crippen LogP contribution in [-0.2, 0) is 13.0 Å². The molecule has 130 valence electrons. The lowest BCUT2D eigenvalue weighted by Gasteiger charge is -2.29. The Balaban J connectivity index is 1.78. The average molecular weight is 422 g/mol. The zero-order valence-corrected chi connectivity index (χ0v) is 17.2. The fourth-order valence-electron chi connectivity index (χ4n) is 2.90. The van der Waals surface area contributed by atoms with E-state index >= 15 is 0 Å². The Morgan fingerprint density at radius 3 is 2.62 bits per heavy atom. The van der Waals surface area contributed by atoms with Gasteiger partial charge in [0.05, 0.1) is 10.4 Å². The molecule has 1 aromatic carbocycles. The fourth-order valence-corrected chi connectivity index (χ4v) is 7.69. The molecule has 1 aliphatic rings. The molecular weight excluding hydrogens is 403 g/mol. The summed E-state index contributed by atoms with van der Waals surface area (Å²) < 4.78 is 2.30. The Morgan fingerprint density at radius 1 is 1.29 bits per heavy atom. The van der Waals surface area contributed by atoms with Gasteiger partial charge in [0.25, 0.3) is 0 Å². The van der Waals surface area contributed by atoms with Crippen LogP contribution in [0.1, 0.15) is 25.3 Å². The molecule has 0 amide bonds. The first-order valence-corrected chi connectivity index (χ1v) is 10.9. The van der Waals surface area contributed by atoms with E-state index in [1.165, 1.54) is 12.2 Å². The summed E-state index contributed by atoms with van der Waals surface area (Å²) in [5.41, 5.74) is 0.994. The summed E-state index contributed by atoms with van der Waals surface area (Å²) in [6.45, 7) is 3.21. The van der Waals surface area contributed by atoms with Gasteiger partial charge in [-0.15, -0.1) is 23.5 Å². The third-order valence-corrected chi connectivity index (χ3v) is 8.98. The Kier molecular flexibility index (Phi) is 6.36. The van der Waals surface area contributed by atoms with Gasteiger partial charge in [-0.25, -0.2) is 4.98 Å². The summed E-state index contributed by atoms with van der Waals surface area (Å²) in [6, 6.07) is 3.55. The Labute approximate surface area is 166 Å². The number of imidazole rings is 1. The van der Waals surface area contributed by atoms with Gasteiger partial charge in [-0.1, -0.05) is 41.7 Å². The average Bonchev–Trinajstić information content (AvgIpc) is 3.17. The maximum absolute atomic E-state index is 6.37. The van der Waals surface area contributed by atoms with Crippen LogP contribution in [0, 0.1) is 0 Å². The first-order valence-electron chi connectivity index (χ1n) is 7.92. The molecule has 0 N–H and O–H groups in total. The Morgan fingerprint density at radius 2 is 2.04 bits per heavy atom. The molecule has 2 atom stereocenters. The monoisotopic (exact) mass is 420 g/mol. The molecule has 0 spiro atoms. The Bertz CT molecular complexity index is 670. The molecule has 3 rings (SSSR count). The molecule has 2 aromatic rings. The van der Waals surface area contributed by atoms with Gasteiger partial charge < -0.3 is 4.57 Å². The number of hydrogen-bond donors (Lipinski definition) is 0. The molecule has 2 heterocycles. The summed E-state index contributed by atoms with van der Waals surface area (Å²) >= 11 is 22.9. The molecular formula is C17H19Cl3N2S2. The second-order valence-electron chi connectivity index (χ2n) is 5.95. The second kappa shape index (κ2) is 8.13. The zero-order chi connectivity index (χ0) is 17.2. The maximum Gasteiger partial charge on any atom is 0.0946 e. The van der Waals surface area contributed by atoms with E-state index < -0.39 is 0 Å². The highest BCUT2D eigenvalue weighted by Crippen LogP contribution is 2.53. The van der Waals surface area contributed by atoms with Gasteiger partial charge in [-0.3, -0.25) is 0 Å². The number of hydrogen-bond acceptors (Lipinski definition) is 3. The van der Waals surface area contributed by atoms with Crippen molar-refractivity contribution in [2.45, 2.75) is 42.1 Å². The van der Waals surface area contributed by atoms with Crippen LogP contribution < -0.4 is 0 Å². The molecule has 7 heteroatoms. The van der Waals surface area contributed by atoms with Crippen LogP contribution in [0.15, 0.2) is 30.9 Å². The minimum absolute atomic E-state index is 0.133. The van der Waals surface area contributed by atoms with Gasteiger partial charge in [-0.2, -0.15) is 0 Å². The van der Waals surface area contributed by atoms with Crippen LogP contribution >= 0.6 is 58.3 Å². The first kappa shape index (κ1) is 18.8. The van der Waals surface area contributed by atoms with Crippen molar-refractivity contribution < 1.29 is 0 Å². The molecule has 1 fully saturated rings.